The SMILES string of the molecule is CCc1nnc(-c2nnc(NCC(C)C)c3ccccc23)o1. The molecule has 0 fully saturated rings. The fourth-order valence-corrected chi connectivity index (χ4v) is 2.19. The molecule has 0 radical (unpaired) electrons. The Morgan fingerprint density at radius 2 is 1.82 bits per heavy atom. The predicted octanol–water partition coefficient (Wildman–Crippen LogP) is 3.31. The van der Waals surface area contributed by atoms with Crippen molar-refractivity contribution in [3.8, 4) is 11.6 Å². The minimum Gasteiger partial charge on any atom is -0.419 e. The van der Waals surface area contributed by atoms with Crippen molar-refractivity contribution in [3.05, 3.63) is 30.2 Å². The van der Waals surface area contributed by atoms with Crippen LogP contribution >= 0.6 is 0 Å². The molecule has 0 aliphatic heterocycles. The van der Waals surface area contributed by atoms with Crippen LogP contribution in [0, 0.1) is 5.92 Å². The Balaban J connectivity index is 2.07. The molecular weight excluding hydrogens is 278 g/mol. The summed E-state index contributed by atoms with van der Waals surface area (Å²) in [5.74, 6) is 2.32. The lowest BCUT2D eigenvalue weighted by Crippen LogP contribution is -2.10. The van der Waals surface area contributed by atoms with Gasteiger partial charge in [-0.2, -0.15) is 0 Å². The fraction of sp³-hybridized carbons (Fsp3) is 0.375. The Labute approximate surface area is 129 Å². The highest BCUT2D eigenvalue weighted by molar-refractivity contribution is 5.98. The summed E-state index contributed by atoms with van der Waals surface area (Å²) in [7, 11) is 0. The second kappa shape index (κ2) is 6.09. The summed E-state index contributed by atoms with van der Waals surface area (Å²) in [5, 5.41) is 22.0. The first-order valence-corrected chi connectivity index (χ1v) is 7.51. The highest BCUT2D eigenvalue weighted by Gasteiger charge is 2.15. The molecule has 6 heteroatoms. The molecule has 0 spiro atoms. The third kappa shape index (κ3) is 2.77. The van der Waals surface area contributed by atoms with Crippen LogP contribution in [0.1, 0.15) is 26.7 Å². The van der Waals surface area contributed by atoms with Gasteiger partial charge in [0, 0.05) is 23.7 Å². The van der Waals surface area contributed by atoms with E-state index in [1.165, 1.54) is 0 Å². The monoisotopic (exact) mass is 297 g/mol. The van der Waals surface area contributed by atoms with Crippen molar-refractivity contribution < 1.29 is 4.42 Å². The first-order chi connectivity index (χ1) is 10.7. The predicted molar refractivity (Wildman–Crippen MR) is 85.5 cm³/mol. The van der Waals surface area contributed by atoms with Crippen LogP contribution in [0.2, 0.25) is 0 Å². The molecule has 114 valence electrons. The molecule has 0 saturated carbocycles. The van der Waals surface area contributed by atoms with Crippen molar-refractivity contribution in [1.82, 2.24) is 20.4 Å². The molecule has 2 aromatic heterocycles. The molecule has 6 nitrogen and oxygen atoms in total. The second-order valence-corrected chi connectivity index (χ2v) is 5.57. The maximum Gasteiger partial charge on any atom is 0.268 e. The number of aromatic nitrogens is 4. The van der Waals surface area contributed by atoms with E-state index in [1.807, 2.05) is 31.2 Å². The fourth-order valence-electron chi connectivity index (χ4n) is 2.19. The van der Waals surface area contributed by atoms with Gasteiger partial charge in [-0.3, -0.25) is 0 Å². The van der Waals surface area contributed by atoms with Crippen LogP contribution in [-0.4, -0.2) is 26.9 Å². The van der Waals surface area contributed by atoms with Crippen molar-refractivity contribution in [2.24, 2.45) is 5.92 Å². The van der Waals surface area contributed by atoms with Gasteiger partial charge >= 0.3 is 0 Å². The van der Waals surface area contributed by atoms with E-state index < -0.39 is 0 Å². The van der Waals surface area contributed by atoms with Crippen molar-refractivity contribution in [3.63, 3.8) is 0 Å². The van der Waals surface area contributed by atoms with Gasteiger partial charge in [-0.05, 0) is 5.92 Å². The standard InChI is InChI=1S/C16H19N5O/c1-4-13-18-21-16(22-13)14-11-7-5-6-8-12(11)15(20-19-14)17-9-10(2)3/h5-8,10H,4,9H2,1-3H3,(H,17,20). The maximum absolute atomic E-state index is 5.62. The van der Waals surface area contributed by atoms with Crippen LogP contribution in [0.15, 0.2) is 28.7 Å². The van der Waals surface area contributed by atoms with Gasteiger partial charge in [-0.15, -0.1) is 20.4 Å². The van der Waals surface area contributed by atoms with Crippen molar-refractivity contribution in [1.29, 1.82) is 0 Å². The lowest BCUT2D eigenvalue weighted by Gasteiger charge is -2.11. The van der Waals surface area contributed by atoms with Crippen molar-refractivity contribution >= 4 is 16.6 Å². The average molecular weight is 297 g/mol. The van der Waals surface area contributed by atoms with Gasteiger partial charge in [0.15, 0.2) is 11.5 Å². The van der Waals surface area contributed by atoms with Crippen LogP contribution in [0.4, 0.5) is 5.82 Å². The number of fused-ring (bicyclic) bond motifs is 1. The highest BCUT2D eigenvalue weighted by Crippen LogP contribution is 2.29. The summed E-state index contributed by atoms with van der Waals surface area (Å²) in [5.41, 5.74) is 0.623. The molecule has 3 aromatic rings. The Morgan fingerprint density at radius 3 is 2.50 bits per heavy atom. The van der Waals surface area contributed by atoms with Gasteiger partial charge in [-0.25, -0.2) is 0 Å². The summed E-state index contributed by atoms with van der Waals surface area (Å²) in [6.45, 7) is 7.13. The number of hydrogen-bond donors (Lipinski definition) is 1. The number of rotatable bonds is 5. The number of nitrogens with one attached hydrogen (secondary N) is 1. The Morgan fingerprint density at radius 1 is 1.05 bits per heavy atom. The summed E-state index contributed by atoms with van der Waals surface area (Å²) >= 11 is 0. The Kier molecular flexibility index (Phi) is 4.00. The summed E-state index contributed by atoms with van der Waals surface area (Å²) in [6.07, 6.45) is 0.701. The van der Waals surface area contributed by atoms with Crippen LogP contribution in [0.25, 0.3) is 22.4 Å². The van der Waals surface area contributed by atoms with E-state index in [0.717, 1.165) is 23.1 Å². The van der Waals surface area contributed by atoms with Crippen LogP contribution in [0.3, 0.4) is 0 Å². The van der Waals surface area contributed by atoms with Crippen LogP contribution in [-0.2, 0) is 6.42 Å². The Hall–Kier alpha value is -2.50. The maximum atomic E-state index is 5.62. The molecule has 1 aromatic carbocycles. The molecule has 0 aliphatic rings. The molecule has 0 amide bonds. The van der Waals surface area contributed by atoms with E-state index in [0.29, 0.717) is 29.8 Å². The third-order valence-corrected chi connectivity index (χ3v) is 3.34. The molecule has 1 N–H and O–H groups in total. The molecule has 0 aliphatic carbocycles. The molecule has 0 bridgehead atoms. The third-order valence-electron chi connectivity index (χ3n) is 3.34. The zero-order valence-corrected chi connectivity index (χ0v) is 13.0. The number of anilines is 1. The minimum absolute atomic E-state index is 0.413. The van der Waals surface area contributed by atoms with Gasteiger partial charge in [0.2, 0.25) is 5.89 Å². The van der Waals surface area contributed by atoms with Gasteiger partial charge in [0.1, 0.15) is 0 Å². The topological polar surface area (TPSA) is 76.7 Å². The first kappa shape index (κ1) is 14.4. The van der Waals surface area contributed by atoms with Crippen molar-refractivity contribution in [2.45, 2.75) is 27.2 Å². The highest BCUT2D eigenvalue weighted by atomic mass is 16.4. The van der Waals surface area contributed by atoms with Gasteiger partial charge in [0.05, 0.1) is 0 Å². The number of aryl methyl sites for hydroxylation is 1. The lowest BCUT2D eigenvalue weighted by molar-refractivity contribution is 0.511. The molecule has 2 heterocycles. The van der Waals surface area contributed by atoms with Gasteiger partial charge in [0.25, 0.3) is 5.89 Å². The zero-order chi connectivity index (χ0) is 15.5. The normalized spacial score (nSPS) is 11.3. The summed E-state index contributed by atoms with van der Waals surface area (Å²) in [6, 6.07) is 7.97. The molecule has 0 atom stereocenters. The molecule has 0 saturated heterocycles. The Bertz CT molecular complexity index is 781. The second-order valence-electron chi connectivity index (χ2n) is 5.57. The molecule has 22 heavy (non-hydrogen) atoms. The van der Waals surface area contributed by atoms with Gasteiger partial charge in [-0.1, -0.05) is 45.0 Å². The quantitative estimate of drug-likeness (QED) is 0.778. The number of hydrogen-bond acceptors (Lipinski definition) is 6. The molecular formula is C16H19N5O. The first-order valence-electron chi connectivity index (χ1n) is 7.51. The summed E-state index contributed by atoms with van der Waals surface area (Å²) in [4.78, 5) is 0. The molecule has 0 unspecified atom stereocenters. The largest absolute Gasteiger partial charge is 0.419 e. The zero-order valence-electron chi connectivity index (χ0n) is 13.0. The average Bonchev–Trinajstić information content (AvgIpc) is 3.01. The van der Waals surface area contributed by atoms with E-state index in [-0.39, 0.29) is 0 Å². The molecule has 3 rings (SSSR count). The van der Waals surface area contributed by atoms with Crippen LogP contribution < -0.4 is 5.32 Å². The van der Waals surface area contributed by atoms with E-state index in [1.54, 1.807) is 0 Å². The van der Waals surface area contributed by atoms with Crippen molar-refractivity contribution in [2.75, 3.05) is 11.9 Å². The minimum atomic E-state index is 0.413. The van der Waals surface area contributed by atoms with E-state index in [2.05, 4.69) is 39.6 Å². The van der Waals surface area contributed by atoms with Gasteiger partial charge < -0.3 is 9.73 Å². The number of nitrogens with zero attached hydrogens (tertiary/aromatic N) is 4. The van der Waals surface area contributed by atoms with E-state index >= 15 is 0 Å². The smallest absolute Gasteiger partial charge is 0.268 e. The summed E-state index contributed by atoms with van der Waals surface area (Å²) < 4.78 is 5.62. The number of benzene rings is 1. The van der Waals surface area contributed by atoms with E-state index in [9.17, 15) is 0 Å². The van der Waals surface area contributed by atoms with Crippen LogP contribution in [0.5, 0.6) is 0 Å². The van der Waals surface area contributed by atoms with E-state index in [4.69, 9.17) is 4.42 Å². The lowest BCUT2D eigenvalue weighted by atomic mass is 10.1.